The number of nitrogens with zero attached hydrogens (tertiary/aromatic N) is 1. The van der Waals surface area contributed by atoms with Crippen LogP contribution in [0, 0.1) is 24.7 Å². The van der Waals surface area contributed by atoms with Crippen LogP contribution in [0.4, 0.5) is 0 Å². The molecule has 1 aromatic rings. The Morgan fingerprint density at radius 2 is 2.05 bits per heavy atom. The van der Waals surface area contributed by atoms with E-state index in [0.717, 1.165) is 17.8 Å². The van der Waals surface area contributed by atoms with Crippen molar-refractivity contribution >= 4 is 11.9 Å². The van der Waals surface area contributed by atoms with E-state index < -0.39 is 17.8 Å². The number of nitrogens with one attached hydrogen (secondary N) is 1. The van der Waals surface area contributed by atoms with Gasteiger partial charge in [0, 0.05) is 5.69 Å². The van der Waals surface area contributed by atoms with Crippen LogP contribution in [0.5, 0.6) is 0 Å². The first-order valence-electron chi connectivity index (χ1n) is 7.44. The number of hydrogen-bond donors (Lipinski definition) is 2. The monoisotopic (exact) mass is 290 g/mol. The maximum absolute atomic E-state index is 12.3. The summed E-state index contributed by atoms with van der Waals surface area (Å²) in [6, 6.07) is 5.65. The predicted octanol–water partition coefficient (Wildman–Crippen LogP) is 2.14. The summed E-state index contributed by atoms with van der Waals surface area (Å²) in [6.07, 6.45) is 2.19. The third kappa shape index (κ3) is 3.80. The second-order valence-electron chi connectivity index (χ2n) is 5.79. The highest BCUT2D eigenvalue weighted by atomic mass is 16.4. The fourth-order valence-corrected chi connectivity index (χ4v) is 3.05. The van der Waals surface area contributed by atoms with Gasteiger partial charge in [0.2, 0.25) is 5.91 Å². The standard InChI is InChI=1S/C16H22N2O3/c1-3-11-7-13(14(8-11)16(20)21)15(19)17-9-12-6-4-5-10(2)18-12/h4-6,11,13-14H,3,7-9H2,1-2H3,(H,17,19)(H,20,21)/t11?,13-,14+/m0/s1. The van der Waals surface area contributed by atoms with Crippen molar-refractivity contribution in [3.05, 3.63) is 29.6 Å². The third-order valence-corrected chi connectivity index (χ3v) is 4.28. The average Bonchev–Trinajstić information content (AvgIpc) is 2.89. The van der Waals surface area contributed by atoms with Crippen LogP contribution < -0.4 is 5.32 Å². The summed E-state index contributed by atoms with van der Waals surface area (Å²) >= 11 is 0. The number of carbonyl (C=O) groups excluding carboxylic acids is 1. The molecule has 1 aliphatic rings. The zero-order valence-corrected chi connectivity index (χ0v) is 12.5. The topological polar surface area (TPSA) is 79.3 Å². The Kier molecular flexibility index (Phi) is 4.94. The zero-order valence-electron chi connectivity index (χ0n) is 12.5. The van der Waals surface area contributed by atoms with E-state index in [4.69, 9.17) is 0 Å². The van der Waals surface area contributed by atoms with Gasteiger partial charge in [-0.2, -0.15) is 0 Å². The van der Waals surface area contributed by atoms with Crippen molar-refractivity contribution < 1.29 is 14.7 Å². The quantitative estimate of drug-likeness (QED) is 0.870. The molecule has 5 nitrogen and oxygen atoms in total. The lowest BCUT2D eigenvalue weighted by atomic mass is 9.95. The van der Waals surface area contributed by atoms with E-state index in [1.54, 1.807) is 0 Å². The maximum atomic E-state index is 12.3. The number of carbonyl (C=O) groups is 2. The number of aryl methyl sites for hydroxylation is 1. The zero-order chi connectivity index (χ0) is 15.4. The molecule has 1 fully saturated rings. The van der Waals surface area contributed by atoms with E-state index in [9.17, 15) is 14.7 Å². The van der Waals surface area contributed by atoms with Crippen LogP contribution in [0.15, 0.2) is 18.2 Å². The number of rotatable bonds is 5. The number of carboxylic acid groups (broad SMARTS) is 1. The van der Waals surface area contributed by atoms with Crippen molar-refractivity contribution in [3.63, 3.8) is 0 Å². The Hall–Kier alpha value is -1.91. The molecule has 21 heavy (non-hydrogen) atoms. The molecule has 0 aromatic carbocycles. The summed E-state index contributed by atoms with van der Waals surface area (Å²) in [5, 5.41) is 12.1. The van der Waals surface area contributed by atoms with Crippen molar-refractivity contribution in [3.8, 4) is 0 Å². The van der Waals surface area contributed by atoms with E-state index in [1.165, 1.54) is 0 Å². The van der Waals surface area contributed by atoms with Crippen molar-refractivity contribution in [2.75, 3.05) is 0 Å². The Morgan fingerprint density at radius 3 is 2.67 bits per heavy atom. The fourth-order valence-electron chi connectivity index (χ4n) is 3.05. The van der Waals surface area contributed by atoms with Crippen LogP contribution in [-0.4, -0.2) is 22.0 Å². The molecule has 0 bridgehead atoms. The lowest BCUT2D eigenvalue weighted by Crippen LogP contribution is -2.35. The summed E-state index contributed by atoms with van der Waals surface area (Å²) in [4.78, 5) is 27.9. The number of aliphatic carboxylic acids is 1. The summed E-state index contributed by atoms with van der Waals surface area (Å²) in [5.41, 5.74) is 1.69. The highest BCUT2D eigenvalue weighted by Gasteiger charge is 2.41. The molecule has 0 aliphatic heterocycles. The second kappa shape index (κ2) is 6.70. The predicted molar refractivity (Wildman–Crippen MR) is 78.5 cm³/mol. The van der Waals surface area contributed by atoms with E-state index in [1.807, 2.05) is 32.0 Å². The van der Waals surface area contributed by atoms with Gasteiger partial charge in [-0.05, 0) is 37.8 Å². The minimum atomic E-state index is -0.861. The van der Waals surface area contributed by atoms with Crippen LogP contribution in [-0.2, 0) is 16.1 Å². The maximum Gasteiger partial charge on any atom is 0.307 e. The molecule has 114 valence electrons. The first-order chi connectivity index (χ1) is 10.0. The summed E-state index contributed by atoms with van der Waals surface area (Å²) in [6.45, 7) is 4.29. The van der Waals surface area contributed by atoms with Crippen molar-refractivity contribution in [1.29, 1.82) is 0 Å². The number of hydrogen-bond acceptors (Lipinski definition) is 3. The SMILES string of the molecule is CCC1C[C@H](C(=O)NCc2cccc(C)n2)[C@H](C(=O)O)C1. The first kappa shape index (κ1) is 15.5. The molecule has 2 N–H and O–H groups in total. The van der Waals surface area contributed by atoms with E-state index in [2.05, 4.69) is 10.3 Å². The molecular weight excluding hydrogens is 268 g/mol. The van der Waals surface area contributed by atoms with Crippen molar-refractivity contribution in [1.82, 2.24) is 10.3 Å². The Bertz CT molecular complexity index is 530. The first-order valence-corrected chi connectivity index (χ1v) is 7.44. The van der Waals surface area contributed by atoms with Crippen molar-refractivity contribution in [2.45, 2.75) is 39.7 Å². The van der Waals surface area contributed by atoms with Gasteiger partial charge in [0.05, 0.1) is 24.1 Å². The van der Waals surface area contributed by atoms with Crippen LogP contribution >= 0.6 is 0 Å². The van der Waals surface area contributed by atoms with Gasteiger partial charge in [0.1, 0.15) is 0 Å². The lowest BCUT2D eigenvalue weighted by molar-refractivity contribution is -0.146. The molecule has 1 saturated carbocycles. The Morgan fingerprint density at radius 1 is 1.33 bits per heavy atom. The molecule has 1 amide bonds. The summed E-state index contributed by atoms with van der Waals surface area (Å²) in [5.74, 6) is -1.67. The van der Waals surface area contributed by atoms with Gasteiger partial charge in [0.25, 0.3) is 0 Å². The Labute approximate surface area is 124 Å². The Balaban J connectivity index is 1.97. The van der Waals surface area contributed by atoms with Gasteiger partial charge in [-0.25, -0.2) is 0 Å². The van der Waals surface area contributed by atoms with Gasteiger partial charge < -0.3 is 10.4 Å². The fraction of sp³-hybridized carbons (Fsp3) is 0.562. The summed E-state index contributed by atoms with van der Waals surface area (Å²) in [7, 11) is 0. The molecule has 1 unspecified atom stereocenters. The van der Waals surface area contributed by atoms with Gasteiger partial charge in [0.15, 0.2) is 0 Å². The number of pyridine rings is 1. The third-order valence-electron chi connectivity index (χ3n) is 4.28. The molecule has 3 atom stereocenters. The normalized spacial score (nSPS) is 24.8. The summed E-state index contributed by atoms with van der Waals surface area (Å²) < 4.78 is 0. The average molecular weight is 290 g/mol. The van der Waals surface area contributed by atoms with Crippen LogP contribution in [0.25, 0.3) is 0 Å². The highest BCUT2D eigenvalue weighted by molar-refractivity contribution is 5.85. The molecule has 5 heteroatoms. The molecule has 2 rings (SSSR count). The van der Waals surface area contributed by atoms with Crippen LogP contribution in [0.2, 0.25) is 0 Å². The lowest BCUT2D eigenvalue weighted by Gasteiger charge is -2.15. The minimum absolute atomic E-state index is 0.165. The molecule has 0 radical (unpaired) electrons. The molecule has 0 spiro atoms. The van der Waals surface area contributed by atoms with Crippen LogP contribution in [0.1, 0.15) is 37.6 Å². The van der Waals surface area contributed by atoms with E-state index in [0.29, 0.717) is 25.3 Å². The molecule has 1 aromatic heterocycles. The van der Waals surface area contributed by atoms with Gasteiger partial charge in [-0.1, -0.05) is 19.4 Å². The van der Waals surface area contributed by atoms with E-state index >= 15 is 0 Å². The highest BCUT2D eigenvalue weighted by Crippen LogP contribution is 2.38. The molecule has 1 heterocycles. The van der Waals surface area contributed by atoms with Gasteiger partial charge in [-0.3, -0.25) is 14.6 Å². The van der Waals surface area contributed by atoms with Crippen molar-refractivity contribution in [2.24, 2.45) is 17.8 Å². The molecular formula is C16H22N2O3. The number of aromatic nitrogens is 1. The number of amides is 1. The second-order valence-corrected chi connectivity index (χ2v) is 5.79. The minimum Gasteiger partial charge on any atom is -0.481 e. The van der Waals surface area contributed by atoms with Gasteiger partial charge >= 0.3 is 5.97 Å². The molecule has 1 aliphatic carbocycles. The number of carboxylic acids is 1. The van der Waals surface area contributed by atoms with Gasteiger partial charge in [-0.15, -0.1) is 0 Å². The van der Waals surface area contributed by atoms with E-state index in [-0.39, 0.29) is 5.91 Å². The largest absolute Gasteiger partial charge is 0.481 e. The smallest absolute Gasteiger partial charge is 0.307 e. The van der Waals surface area contributed by atoms with Crippen LogP contribution in [0.3, 0.4) is 0 Å². The molecule has 0 saturated heterocycles.